The minimum Gasteiger partial charge on any atom is -0.348 e. The third-order valence-corrected chi connectivity index (χ3v) is 4.16. The van der Waals surface area contributed by atoms with Crippen LogP contribution in [0.5, 0.6) is 0 Å². The predicted octanol–water partition coefficient (Wildman–Crippen LogP) is 2.00. The molecule has 1 saturated carbocycles. The Morgan fingerprint density at radius 1 is 1.42 bits per heavy atom. The van der Waals surface area contributed by atoms with E-state index >= 15 is 0 Å². The fraction of sp³-hybridized carbons (Fsp3) is 0.471. The second-order valence-corrected chi connectivity index (χ2v) is 6.52. The van der Waals surface area contributed by atoms with E-state index in [1.54, 1.807) is 18.2 Å². The molecule has 7 heteroatoms. The van der Waals surface area contributed by atoms with Crippen LogP contribution in [0.2, 0.25) is 0 Å². The van der Waals surface area contributed by atoms with Gasteiger partial charge in [-0.1, -0.05) is 26.0 Å². The normalized spacial score (nSPS) is 15.5. The molecule has 1 unspecified atom stereocenters. The maximum atomic E-state index is 14.1. The number of amides is 1. The second-order valence-electron chi connectivity index (χ2n) is 6.52. The first-order valence-electron chi connectivity index (χ1n) is 8.23. The number of carbonyl (C=O) groups excluding carboxylic acids is 1. The van der Waals surface area contributed by atoms with Crippen molar-refractivity contribution in [3.8, 4) is 5.69 Å². The summed E-state index contributed by atoms with van der Waals surface area (Å²) in [6.07, 6.45) is 2.24. The Balaban J connectivity index is 1.83. The van der Waals surface area contributed by atoms with Crippen molar-refractivity contribution in [3.63, 3.8) is 0 Å². The van der Waals surface area contributed by atoms with Crippen LogP contribution in [0.15, 0.2) is 24.3 Å². The standard InChI is InChI=1S/C17H22FN5O/c1-10(2)16-21-15(17(24)20-9-13(19)11-7-8-11)22-23(16)14-6-4-3-5-12(14)18/h3-6,10-11,13H,7-9,19H2,1-2H3,(H,20,24). The highest BCUT2D eigenvalue weighted by Gasteiger charge is 2.29. The third kappa shape index (κ3) is 3.46. The molecule has 0 aliphatic heterocycles. The van der Waals surface area contributed by atoms with Gasteiger partial charge in [0.25, 0.3) is 5.91 Å². The molecule has 0 radical (unpaired) electrons. The fourth-order valence-electron chi connectivity index (χ4n) is 2.58. The van der Waals surface area contributed by atoms with Gasteiger partial charge in [-0.3, -0.25) is 4.79 Å². The SMILES string of the molecule is CC(C)c1nc(C(=O)NCC(N)C2CC2)nn1-c1ccccc1F. The minimum atomic E-state index is -0.410. The zero-order valence-electron chi connectivity index (χ0n) is 13.9. The van der Waals surface area contributed by atoms with Gasteiger partial charge in [-0.15, -0.1) is 5.10 Å². The zero-order valence-corrected chi connectivity index (χ0v) is 13.9. The third-order valence-electron chi connectivity index (χ3n) is 4.16. The summed E-state index contributed by atoms with van der Waals surface area (Å²) >= 11 is 0. The molecule has 1 amide bonds. The van der Waals surface area contributed by atoms with Crippen molar-refractivity contribution in [2.24, 2.45) is 11.7 Å². The van der Waals surface area contributed by atoms with E-state index in [1.807, 2.05) is 13.8 Å². The molecular formula is C17H22FN5O. The van der Waals surface area contributed by atoms with Crippen molar-refractivity contribution in [3.05, 3.63) is 41.7 Å². The summed E-state index contributed by atoms with van der Waals surface area (Å²) in [6.45, 7) is 4.24. The van der Waals surface area contributed by atoms with Crippen LogP contribution in [-0.2, 0) is 0 Å². The fourth-order valence-corrected chi connectivity index (χ4v) is 2.58. The maximum absolute atomic E-state index is 14.1. The number of benzene rings is 1. The van der Waals surface area contributed by atoms with Crippen LogP contribution in [0.25, 0.3) is 5.69 Å². The highest BCUT2D eigenvalue weighted by Crippen LogP contribution is 2.31. The van der Waals surface area contributed by atoms with Gasteiger partial charge >= 0.3 is 0 Å². The average Bonchev–Trinajstić information content (AvgIpc) is 3.31. The highest BCUT2D eigenvalue weighted by atomic mass is 19.1. The van der Waals surface area contributed by atoms with Gasteiger partial charge in [0.05, 0.1) is 0 Å². The first-order valence-corrected chi connectivity index (χ1v) is 8.23. The van der Waals surface area contributed by atoms with Crippen molar-refractivity contribution in [1.82, 2.24) is 20.1 Å². The lowest BCUT2D eigenvalue weighted by molar-refractivity contribution is 0.0940. The Morgan fingerprint density at radius 2 is 2.12 bits per heavy atom. The number of carbonyl (C=O) groups is 1. The van der Waals surface area contributed by atoms with E-state index in [4.69, 9.17) is 5.73 Å². The van der Waals surface area contributed by atoms with E-state index in [1.165, 1.54) is 10.7 Å². The molecule has 3 rings (SSSR count). The Bertz CT molecular complexity index is 738. The Labute approximate surface area is 140 Å². The van der Waals surface area contributed by atoms with Gasteiger partial charge in [-0.05, 0) is 30.9 Å². The van der Waals surface area contributed by atoms with Gasteiger partial charge < -0.3 is 11.1 Å². The zero-order chi connectivity index (χ0) is 17.3. The van der Waals surface area contributed by atoms with E-state index in [0.717, 1.165) is 12.8 Å². The summed E-state index contributed by atoms with van der Waals surface area (Å²) in [4.78, 5) is 16.6. The van der Waals surface area contributed by atoms with Gasteiger partial charge in [0.1, 0.15) is 17.3 Å². The number of para-hydroxylation sites is 1. The predicted molar refractivity (Wildman–Crippen MR) is 88.4 cm³/mol. The number of hydrogen-bond acceptors (Lipinski definition) is 4. The molecule has 128 valence electrons. The van der Waals surface area contributed by atoms with Crippen LogP contribution in [0.4, 0.5) is 4.39 Å². The van der Waals surface area contributed by atoms with E-state index < -0.39 is 5.82 Å². The molecule has 1 aromatic carbocycles. The quantitative estimate of drug-likeness (QED) is 0.848. The van der Waals surface area contributed by atoms with Gasteiger partial charge in [0, 0.05) is 18.5 Å². The van der Waals surface area contributed by atoms with Gasteiger partial charge in [-0.25, -0.2) is 14.1 Å². The lowest BCUT2D eigenvalue weighted by Crippen LogP contribution is -2.39. The number of nitrogens with one attached hydrogen (secondary N) is 1. The molecule has 0 bridgehead atoms. The van der Waals surface area contributed by atoms with Crippen LogP contribution in [0.1, 0.15) is 49.1 Å². The maximum Gasteiger partial charge on any atom is 0.291 e. The first-order chi connectivity index (χ1) is 11.5. The summed E-state index contributed by atoms with van der Waals surface area (Å²) < 4.78 is 15.5. The van der Waals surface area contributed by atoms with E-state index in [9.17, 15) is 9.18 Å². The summed E-state index contributed by atoms with van der Waals surface area (Å²) in [5, 5.41) is 6.98. The number of hydrogen-bond donors (Lipinski definition) is 2. The lowest BCUT2D eigenvalue weighted by Gasteiger charge is -2.09. The monoisotopic (exact) mass is 331 g/mol. The number of nitrogens with two attached hydrogens (primary N) is 1. The van der Waals surface area contributed by atoms with Crippen LogP contribution < -0.4 is 11.1 Å². The topological polar surface area (TPSA) is 85.8 Å². The van der Waals surface area contributed by atoms with Crippen LogP contribution >= 0.6 is 0 Å². The molecule has 1 atom stereocenters. The van der Waals surface area contributed by atoms with E-state index in [-0.39, 0.29) is 29.4 Å². The number of rotatable bonds is 6. The van der Waals surface area contributed by atoms with Crippen molar-refractivity contribution in [1.29, 1.82) is 0 Å². The van der Waals surface area contributed by atoms with Crippen molar-refractivity contribution in [2.75, 3.05) is 6.54 Å². The van der Waals surface area contributed by atoms with Crippen molar-refractivity contribution in [2.45, 2.75) is 38.6 Å². The van der Waals surface area contributed by atoms with Crippen LogP contribution in [0.3, 0.4) is 0 Å². The van der Waals surface area contributed by atoms with Gasteiger partial charge in [-0.2, -0.15) is 0 Å². The van der Waals surface area contributed by atoms with Gasteiger partial charge in [0.15, 0.2) is 0 Å². The second kappa shape index (κ2) is 6.68. The number of halogens is 1. The van der Waals surface area contributed by atoms with Crippen LogP contribution in [-0.4, -0.2) is 33.3 Å². The minimum absolute atomic E-state index is 0.00706. The molecule has 0 saturated heterocycles. The molecule has 1 heterocycles. The largest absolute Gasteiger partial charge is 0.348 e. The first kappa shape index (κ1) is 16.6. The highest BCUT2D eigenvalue weighted by molar-refractivity contribution is 5.90. The molecular weight excluding hydrogens is 309 g/mol. The Kier molecular flexibility index (Phi) is 4.62. The Morgan fingerprint density at radius 3 is 2.75 bits per heavy atom. The molecule has 6 nitrogen and oxygen atoms in total. The molecule has 1 aromatic heterocycles. The van der Waals surface area contributed by atoms with E-state index in [2.05, 4.69) is 15.4 Å². The Hall–Kier alpha value is -2.28. The lowest BCUT2D eigenvalue weighted by atomic mass is 10.2. The van der Waals surface area contributed by atoms with Gasteiger partial charge in [0.2, 0.25) is 5.82 Å². The molecule has 2 aromatic rings. The van der Waals surface area contributed by atoms with Crippen molar-refractivity contribution >= 4 is 5.91 Å². The molecule has 1 aliphatic carbocycles. The average molecular weight is 331 g/mol. The van der Waals surface area contributed by atoms with Crippen LogP contribution in [0, 0.1) is 11.7 Å². The molecule has 1 aliphatic rings. The summed E-state index contributed by atoms with van der Waals surface area (Å²) in [5.74, 6) is 0.268. The smallest absolute Gasteiger partial charge is 0.291 e. The summed E-state index contributed by atoms with van der Waals surface area (Å²) in [7, 11) is 0. The number of aromatic nitrogens is 3. The van der Waals surface area contributed by atoms with E-state index in [0.29, 0.717) is 18.3 Å². The van der Waals surface area contributed by atoms with Crippen molar-refractivity contribution < 1.29 is 9.18 Å². The molecule has 3 N–H and O–H groups in total. The molecule has 24 heavy (non-hydrogen) atoms. The summed E-state index contributed by atoms with van der Waals surface area (Å²) in [5.41, 5.74) is 6.27. The molecule has 0 spiro atoms. The number of nitrogens with zero attached hydrogens (tertiary/aromatic N) is 3. The molecule has 1 fully saturated rings. The summed E-state index contributed by atoms with van der Waals surface area (Å²) in [6, 6.07) is 6.26.